The van der Waals surface area contributed by atoms with Crippen LogP contribution in [0.4, 0.5) is 0 Å². The summed E-state index contributed by atoms with van der Waals surface area (Å²) in [4.78, 5) is 2.78. The minimum Gasteiger partial charge on any atom is -0.315 e. The van der Waals surface area contributed by atoms with Gasteiger partial charge in [0.2, 0.25) is 0 Å². The lowest BCUT2D eigenvalue weighted by atomic mass is 9.74. The first-order chi connectivity index (χ1) is 8.24. The predicted octanol–water partition coefficient (Wildman–Crippen LogP) is 3.03. The third kappa shape index (κ3) is 2.68. The van der Waals surface area contributed by atoms with E-state index in [1.165, 1.54) is 58.0 Å². The van der Waals surface area contributed by atoms with Crippen molar-refractivity contribution < 1.29 is 0 Å². The molecule has 1 aliphatic carbocycles. The van der Waals surface area contributed by atoms with Crippen molar-refractivity contribution in [1.82, 2.24) is 10.2 Å². The van der Waals surface area contributed by atoms with Crippen LogP contribution in [-0.4, -0.2) is 37.1 Å². The lowest BCUT2D eigenvalue weighted by Crippen LogP contribution is -2.50. The van der Waals surface area contributed by atoms with Crippen molar-refractivity contribution in [3.05, 3.63) is 0 Å². The third-order valence-electron chi connectivity index (χ3n) is 5.68. The topological polar surface area (TPSA) is 15.3 Å². The highest BCUT2D eigenvalue weighted by molar-refractivity contribution is 4.93. The SMILES string of the molecule is CCC1(CC)CCN(C2CCCC2NC)CC1. The van der Waals surface area contributed by atoms with Gasteiger partial charge in [-0.25, -0.2) is 0 Å². The van der Waals surface area contributed by atoms with E-state index in [4.69, 9.17) is 0 Å². The molecule has 2 unspecified atom stereocenters. The molecule has 1 aliphatic heterocycles. The fourth-order valence-corrected chi connectivity index (χ4v) is 4.00. The van der Waals surface area contributed by atoms with Crippen LogP contribution in [0.25, 0.3) is 0 Å². The first-order valence-electron chi connectivity index (χ1n) is 7.66. The van der Waals surface area contributed by atoms with E-state index in [1.54, 1.807) is 0 Å². The van der Waals surface area contributed by atoms with E-state index < -0.39 is 0 Å². The molecule has 2 nitrogen and oxygen atoms in total. The molecule has 0 aromatic rings. The lowest BCUT2D eigenvalue weighted by Gasteiger charge is -2.44. The van der Waals surface area contributed by atoms with E-state index in [2.05, 4.69) is 31.1 Å². The number of hydrogen-bond donors (Lipinski definition) is 1. The van der Waals surface area contributed by atoms with Gasteiger partial charge < -0.3 is 5.32 Å². The van der Waals surface area contributed by atoms with Crippen molar-refractivity contribution in [2.24, 2.45) is 5.41 Å². The van der Waals surface area contributed by atoms with Gasteiger partial charge in [-0.2, -0.15) is 0 Å². The van der Waals surface area contributed by atoms with Gasteiger partial charge in [0, 0.05) is 12.1 Å². The largest absolute Gasteiger partial charge is 0.315 e. The molecule has 1 saturated carbocycles. The molecule has 0 amide bonds. The Kier molecular flexibility index (Phi) is 4.48. The summed E-state index contributed by atoms with van der Waals surface area (Å²) < 4.78 is 0. The van der Waals surface area contributed by atoms with Crippen LogP contribution in [0.2, 0.25) is 0 Å². The molecule has 1 saturated heterocycles. The molecule has 0 aromatic heterocycles. The molecule has 0 bridgehead atoms. The van der Waals surface area contributed by atoms with Crippen molar-refractivity contribution >= 4 is 0 Å². The predicted molar refractivity (Wildman–Crippen MR) is 74.3 cm³/mol. The monoisotopic (exact) mass is 238 g/mol. The zero-order chi connectivity index (χ0) is 12.3. The van der Waals surface area contributed by atoms with Crippen LogP contribution in [0, 0.1) is 5.41 Å². The third-order valence-corrected chi connectivity index (χ3v) is 5.68. The van der Waals surface area contributed by atoms with Gasteiger partial charge in [-0.1, -0.05) is 33.1 Å². The molecule has 2 aliphatic rings. The molecule has 0 spiro atoms. The fraction of sp³-hybridized carbons (Fsp3) is 1.00. The van der Waals surface area contributed by atoms with Crippen molar-refractivity contribution in [3.8, 4) is 0 Å². The second-order valence-corrected chi connectivity index (χ2v) is 6.14. The Morgan fingerprint density at radius 1 is 1.12 bits per heavy atom. The molecule has 0 radical (unpaired) electrons. The van der Waals surface area contributed by atoms with E-state index in [0.717, 1.165) is 12.1 Å². The molecule has 0 aromatic carbocycles. The van der Waals surface area contributed by atoms with Crippen molar-refractivity contribution in [1.29, 1.82) is 0 Å². The number of nitrogens with one attached hydrogen (secondary N) is 1. The van der Waals surface area contributed by atoms with Crippen LogP contribution in [0.3, 0.4) is 0 Å². The normalized spacial score (nSPS) is 34.1. The highest BCUT2D eigenvalue weighted by Crippen LogP contribution is 2.39. The minimum atomic E-state index is 0.671. The quantitative estimate of drug-likeness (QED) is 0.810. The van der Waals surface area contributed by atoms with Crippen LogP contribution in [-0.2, 0) is 0 Å². The smallest absolute Gasteiger partial charge is 0.0249 e. The molecule has 1 heterocycles. The summed E-state index contributed by atoms with van der Waals surface area (Å²) in [5.74, 6) is 0. The Morgan fingerprint density at radius 2 is 1.76 bits per heavy atom. The van der Waals surface area contributed by atoms with Crippen LogP contribution in [0.15, 0.2) is 0 Å². The summed E-state index contributed by atoms with van der Waals surface area (Å²) >= 11 is 0. The molecule has 2 rings (SSSR count). The molecular formula is C15H30N2. The molecule has 2 fully saturated rings. The second-order valence-electron chi connectivity index (χ2n) is 6.14. The van der Waals surface area contributed by atoms with Gasteiger partial charge in [0.1, 0.15) is 0 Å². The maximum atomic E-state index is 3.52. The zero-order valence-corrected chi connectivity index (χ0v) is 12.0. The van der Waals surface area contributed by atoms with Gasteiger partial charge in [-0.15, -0.1) is 0 Å². The van der Waals surface area contributed by atoms with E-state index >= 15 is 0 Å². The first-order valence-corrected chi connectivity index (χ1v) is 7.66. The summed E-state index contributed by atoms with van der Waals surface area (Å²) in [6.45, 7) is 7.44. The first kappa shape index (κ1) is 13.4. The zero-order valence-electron chi connectivity index (χ0n) is 12.0. The number of nitrogens with zero attached hydrogens (tertiary/aromatic N) is 1. The van der Waals surface area contributed by atoms with E-state index in [-0.39, 0.29) is 0 Å². The highest BCUT2D eigenvalue weighted by atomic mass is 15.2. The molecule has 2 atom stereocenters. The number of piperidine rings is 1. The number of rotatable bonds is 4. The Hall–Kier alpha value is -0.0800. The highest BCUT2D eigenvalue weighted by Gasteiger charge is 2.37. The number of likely N-dealkylation sites (N-methyl/N-ethyl adjacent to an activating group) is 1. The summed E-state index contributed by atoms with van der Waals surface area (Å²) in [6.07, 6.45) is 9.80. The summed E-state index contributed by atoms with van der Waals surface area (Å²) in [5.41, 5.74) is 0.671. The van der Waals surface area contributed by atoms with Crippen molar-refractivity contribution in [2.45, 2.75) is 70.9 Å². The summed E-state index contributed by atoms with van der Waals surface area (Å²) in [7, 11) is 2.13. The number of hydrogen-bond acceptors (Lipinski definition) is 2. The van der Waals surface area contributed by atoms with Gasteiger partial charge in [-0.05, 0) is 51.2 Å². The maximum absolute atomic E-state index is 3.52. The van der Waals surface area contributed by atoms with Crippen LogP contribution in [0.5, 0.6) is 0 Å². The van der Waals surface area contributed by atoms with Gasteiger partial charge in [-0.3, -0.25) is 4.90 Å². The molecule has 2 heteroatoms. The molecular weight excluding hydrogens is 208 g/mol. The maximum Gasteiger partial charge on any atom is 0.0249 e. The Bertz CT molecular complexity index is 225. The van der Waals surface area contributed by atoms with Crippen LogP contribution in [0.1, 0.15) is 58.8 Å². The standard InChI is InChI=1S/C15H30N2/c1-4-15(5-2)9-11-17(12-10-15)14-8-6-7-13(14)16-3/h13-14,16H,4-12H2,1-3H3. The number of likely N-dealkylation sites (tertiary alicyclic amines) is 1. The summed E-state index contributed by atoms with van der Waals surface area (Å²) in [5, 5.41) is 3.52. The Morgan fingerprint density at radius 3 is 2.29 bits per heavy atom. The van der Waals surface area contributed by atoms with E-state index in [9.17, 15) is 0 Å². The average Bonchev–Trinajstić information content (AvgIpc) is 2.87. The molecule has 1 N–H and O–H groups in total. The molecule has 100 valence electrons. The Labute approximate surface area is 107 Å². The molecule has 17 heavy (non-hydrogen) atoms. The van der Waals surface area contributed by atoms with Gasteiger partial charge in [0.25, 0.3) is 0 Å². The van der Waals surface area contributed by atoms with Crippen LogP contribution >= 0.6 is 0 Å². The van der Waals surface area contributed by atoms with Crippen molar-refractivity contribution in [3.63, 3.8) is 0 Å². The van der Waals surface area contributed by atoms with Gasteiger partial charge in [0.05, 0.1) is 0 Å². The van der Waals surface area contributed by atoms with E-state index in [0.29, 0.717) is 5.41 Å². The van der Waals surface area contributed by atoms with Crippen LogP contribution < -0.4 is 5.32 Å². The lowest BCUT2D eigenvalue weighted by molar-refractivity contribution is 0.0600. The Balaban J connectivity index is 1.90. The summed E-state index contributed by atoms with van der Waals surface area (Å²) in [6, 6.07) is 1.58. The minimum absolute atomic E-state index is 0.671. The second kappa shape index (κ2) is 5.71. The van der Waals surface area contributed by atoms with Gasteiger partial charge in [0.15, 0.2) is 0 Å². The fourth-order valence-electron chi connectivity index (χ4n) is 4.00. The van der Waals surface area contributed by atoms with Crippen molar-refractivity contribution in [2.75, 3.05) is 20.1 Å². The van der Waals surface area contributed by atoms with E-state index in [1.807, 2.05) is 0 Å². The van der Waals surface area contributed by atoms with Gasteiger partial charge >= 0.3 is 0 Å². The average molecular weight is 238 g/mol.